The van der Waals surface area contributed by atoms with E-state index in [2.05, 4.69) is 17.1 Å². The third kappa shape index (κ3) is 5.10. The number of ether oxygens (including phenoxy) is 1. The number of hydrogen-bond acceptors (Lipinski definition) is 3. The zero-order valence-electron chi connectivity index (χ0n) is 12.6. The highest BCUT2D eigenvalue weighted by Gasteiger charge is 2.24. The number of nitrogens with one attached hydrogen (secondary N) is 1. The maximum Gasteiger partial charge on any atom is 0.234 e. The topological polar surface area (TPSA) is 41.6 Å². The molecule has 1 aromatic carbocycles. The van der Waals surface area contributed by atoms with Crippen LogP contribution in [0.1, 0.15) is 19.4 Å². The molecule has 21 heavy (non-hydrogen) atoms. The quantitative estimate of drug-likeness (QED) is 0.897. The third-order valence-corrected chi connectivity index (χ3v) is 3.73. The summed E-state index contributed by atoms with van der Waals surface area (Å²) >= 11 is 0. The van der Waals surface area contributed by atoms with Gasteiger partial charge in [-0.3, -0.25) is 9.69 Å². The van der Waals surface area contributed by atoms with Crippen LogP contribution < -0.4 is 5.32 Å². The van der Waals surface area contributed by atoms with Crippen molar-refractivity contribution in [3.8, 4) is 0 Å². The number of benzene rings is 1. The summed E-state index contributed by atoms with van der Waals surface area (Å²) in [7, 11) is 0. The lowest BCUT2D eigenvalue weighted by Crippen LogP contribution is -2.51. The first-order valence-electron chi connectivity index (χ1n) is 7.41. The van der Waals surface area contributed by atoms with Crippen molar-refractivity contribution >= 4 is 5.91 Å². The molecule has 2 unspecified atom stereocenters. The Kier molecular flexibility index (Phi) is 5.70. The molecule has 1 aliphatic heterocycles. The van der Waals surface area contributed by atoms with Gasteiger partial charge in [0.2, 0.25) is 5.91 Å². The molecule has 0 aliphatic carbocycles. The lowest BCUT2D eigenvalue weighted by atomic mass is 10.1. The van der Waals surface area contributed by atoms with Crippen LogP contribution in [-0.4, -0.2) is 49.2 Å². The molecule has 4 nitrogen and oxygen atoms in total. The maximum atomic E-state index is 12.8. The van der Waals surface area contributed by atoms with Gasteiger partial charge in [0, 0.05) is 19.1 Å². The Hall–Kier alpha value is -1.46. The van der Waals surface area contributed by atoms with Crippen molar-refractivity contribution in [3.05, 3.63) is 35.6 Å². The van der Waals surface area contributed by atoms with E-state index in [-0.39, 0.29) is 23.9 Å². The van der Waals surface area contributed by atoms with E-state index >= 15 is 0 Å². The first-order chi connectivity index (χ1) is 10.0. The predicted molar refractivity (Wildman–Crippen MR) is 79.6 cm³/mol. The largest absolute Gasteiger partial charge is 0.376 e. The van der Waals surface area contributed by atoms with E-state index in [0.717, 1.165) is 12.1 Å². The SMILES string of the molecule is CC1CN(CC(=O)NCCc2ccc(F)cc2)C(C)CO1. The van der Waals surface area contributed by atoms with Crippen LogP contribution in [0.2, 0.25) is 0 Å². The maximum absolute atomic E-state index is 12.8. The Labute approximate surface area is 125 Å². The first kappa shape index (κ1) is 15.9. The molecule has 1 N–H and O–H groups in total. The van der Waals surface area contributed by atoms with Crippen LogP contribution in [-0.2, 0) is 16.0 Å². The van der Waals surface area contributed by atoms with Gasteiger partial charge in [-0.2, -0.15) is 0 Å². The van der Waals surface area contributed by atoms with Crippen molar-refractivity contribution in [3.63, 3.8) is 0 Å². The van der Waals surface area contributed by atoms with E-state index in [9.17, 15) is 9.18 Å². The van der Waals surface area contributed by atoms with Gasteiger partial charge >= 0.3 is 0 Å². The zero-order valence-corrected chi connectivity index (χ0v) is 12.6. The molecule has 0 bridgehead atoms. The summed E-state index contributed by atoms with van der Waals surface area (Å²) in [6.45, 7) is 6.51. The second-order valence-corrected chi connectivity index (χ2v) is 5.65. The summed E-state index contributed by atoms with van der Waals surface area (Å²) in [5.41, 5.74) is 1.02. The molecule has 1 aromatic rings. The minimum Gasteiger partial charge on any atom is -0.376 e. The highest BCUT2D eigenvalue weighted by Crippen LogP contribution is 2.10. The highest BCUT2D eigenvalue weighted by molar-refractivity contribution is 5.78. The summed E-state index contributed by atoms with van der Waals surface area (Å²) < 4.78 is 18.3. The van der Waals surface area contributed by atoms with Crippen molar-refractivity contribution < 1.29 is 13.9 Å². The van der Waals surface area contributed by atoms with Crippen molar-refractivity contribution in [2.24, 2.45) is 0 Å². The van der Waals surface area contributed by atoms with Gasteiger partial charge in [-0.05, 0) is 38.0 Å². The molecule has 1 heterocycles. The van der Waals surface area contributed by atoms with Gasteiger partial charge in [-0.15, -0.1) is 0 Å². The van der Waals surface area contributed by atoms with Gasteiger partial charge < -0.3 is 10.1 Å². The van der Waals surface area contributed by atoms with Gasteiger partial charge in [0.1, 0.15) is 5.82 Å². The predicted octanol–water partition coefficient (Wildman–Crippen LogP) is 1.59. The number of carbonyl (C=O) groups excluding carboxylic acids is 1. The average Bonchev–Trinajstić information content (AvgIpc) is 2.45. The normalized spacial score (nSPS) is 23.0. The number of rotatable bonds is 5. The molecule has 0 spiro atoms. The molecule has 0 radical (unpaired) electrons. The van der Waals surface area contributed by atoms with Crippen LogP contribution in [0.25, 0.3) is 0 Å². The fourth-order valence-corrected chi connectivity index (χ4v) is 2.43. The summed E-state index contributed by atoms with van der Waals surface area (Å²) in [5, 5.41) is 2.91. The number of halogens is 1. The minimum absolute atomic E-state index is 0.0260. The van der Waals surface area contributed by atoms with Crippen LogP contribution >= 0.6 is 0 Å². The van der Waals surface area contributed by atoms with E-state index in [4.69, 9.17) is 4.74 Å². The summed E-state index contributed by atoms with van der Waals surface area (Å²) in [6, 6.07) is 6.63. The fraction of sp³-hybridized carbons (Fsp3) is 0.562. The minimum atomic E-state index is -0.238. The second kappa shape index (κ2) is 7.52. The molecule has 1 fully saturated rings. The number of hydrogen-bond donors (Lipinski definition) is 1. The molecule has 116 valence electrons. The molecule has 1 aliphatic rings. The number of morpholine rings is 1. The van der Waals surface area contributed by atoms with Gasteiger partial charge in [0.15, 0.2) is 0 Å². The first-order valence-corrected chi connectivity index (χ1v) is 7.41. The van der Waals surface area contributed by atoms with Crippen molar-refractivity contribution in [1.29, 1.82) is 0 Å². The van der Waals surface area contributed by atoms with Crippen molar-refractivity contribution in [2.75, 3.05) is 26.2 Å². The van der Waals surface area contributed by atoms with E-state index in [1.807, 2.05) is 6.92 Å². The van der Waals surface area contributed by atoms with Crippen LogP contribution in [0.15, 0.2) is 24.3 Å². The Morgan fingerprint density at radius 2 is 2.10 bits per heavy atom. The fourth-order valence-electron chi connectivity index (χ4n) is 2.43. The summed E-state index contributed by atoms with van der Waals surface area (Å²) in [5.74, 6) is -0.212. The smallest absolute Gasteiger partial charge is 0.234 e. The van der Waals surface area contributed by atoms with Gasteiger partial charge in [0.05, 0.1) is 19.3 Å². The van der Waals surface area contributed by atoms with Gasteiger partial charge in [-0.25, -0.2) is 4.39 Å². The number of carbonyl (C=O) groups is 1. The van der Waals surface area contributed by atoms with Gasteiger partial charge in [0.25, 0.3) is 0 Å². The Balaban J connectivity index is 1.70. The molecule has 5 heteroatoms. The Bertz CT molecular complexity index is 464. The third-order valence-electron chi connectivity index (χ3n) is 3.73. The molecule has 0 aromatic heterocycles. The molecular formula is C16H23FN2O2. The van der Waals surface area contributed by atoms with Crippen molar-refractivity contribution in [2.45, 2.75) is 32.4 Å². The van der Waals surface area contributed by atoms with E-state index in [1.165, 1.54) is 12.1 Å². The molecule has 2 atom stereocenters. The zero-order chi connectivity index (χ0) is 15.2. The average molecular weight is 294 g/mol. The molecule has 2 rings (SSSR count). The second-order valence-electron chi connectivity index (χ2n) is 5.65. The van der Waals surface area contributed by atoms with E-state index in [1.54, 1.807) is 12.1 Å². The van der Waals surface area contributed by atoms with E-state index < -0.39 is 0 Å². The number of amides is 1. The molecular weight excluding hydrogens is 271 g/mol. The summed E-state index contributed by atoms with van der Waals surface area (Å²) in [4.78, 5) is 14.1. The van der Waals surface area contributed by atoms with Crippen LogP contribution in [0.3, 0.4) is 0 Å². The lowest BCUT2D eigenvalue weighted by Gasteiger charge is -2.36. The Morgan fingerprint density at radius 1 is 1.38 bits per heavy atom. The van der Waals surface area contributed by atoms with Gasteiger partial charge in [-0.1, -0.05) is 12.1 Å². The van der Waals surface area contributed by atoms with Crippen LogP contribution in [0.4, 0.5) is 4.39 Å². The molecule has 1 amide bonds. The monoisotopic (exact) mass is 294 g/mol. The highest BCUT2D eigenvalue weighted by atomic mass is 19.1. The molecule has 0 saturated carbocycles. The molecule has 1 saturated heterocycles. The van der Waals surface area contributed by atoms with Crippen molar-refractivity contribution in [1.82, 2.24) is 10.2 Å². The Morgan fingerprint density at radius 3 is 2.81 bits per heavy atom. The standard InChI is InChI=1S/C16H23FN2O2/c1-12-11-21-13(2)9-19(12)10-16(20)18-8-7-14-3-5-15(17)6-4-14/h3-6,12-13H,7-11H2,1-2H3,(H,18,20). The number of nitrogens with zero attached hydrogens (tertiary/aromatic N) is 1. The van der Waals surface area contributed by atoms with E-state index in [0.29, 0.717) is 26.1 Å². The lowest BCUT2D eigenvalue weighted by molar-refractivity contribution is -0.125. The summed E-state index contributed by atoms with van der Waals surface area (Å²) in [6.07, 6.45) is 0.884. The van der Waals surface area contributed by atoms with Crippen LogP contribution in [0, 0.1) is 5.82 Å². The van der Waals surface area contributed by atoms with Crippen LogP contribution in [0.5, 0.6) is 0 Å².